The molecule has 4 N–H and O–H groups in total. The molecule has 36 heavy (non-hydrogen) atoms. The summed E-state index contributed by atoms with van der Waals surface area (Å²) in [5.74, 6) is -0.874. The van der Waals surface area contributed by atoms with E-state index in [0.29, 0.717) is 30.9 Å². The fraction of sp³-hybridized carbons (Fsp3) is 0.600. The number of rotatable bonds is 5. The fourth-order valence-corrected chi connectivity index (χ4v) is 5.54. The predicted octanol–water partition coefficient (Wildman–Crippen LogP) is 1.01. The number of hydrogen-bond donors (Lipinski definition) is 4. The van der Waals surface area contributed by atoms with Gasteiger partial charge in [-0.25, -0.2) is 14.4 Å². The first kappa shape index (κ1) is 24.5. The summed E-state index contributed by atoms with van der Waals surface area (Å²) in [6, 6.07) is 3.68. The molecule has 4 atom stereocenters. The standard InChI is InChI=1S/C25H34FN7O3/c1-25(2)13-33(9-7-18(25)35)16-5-6-19(27-10-16)30-22-20-17(11-28-24(20)36)21(26)23(31-22)29-15-4-3-8-32(12-15)14-34/h5-6,10,14-15,18,20,22,35H,3-4,7-9,11-13H2,1-2H3,(H,27,30)(H,28,36)(H,29,31). The Morgan fingerprint density at radius 2 is 2.08 bits per heavy atom. The summed E-state index contributed by atoms with van der Waals surface area (Å²) in [4.78, 5) is 36.7. The number of piperidine rings is 2. The molecule has 3 fully saturated rings. The lowest BCUT2D eigenvalue weighted by molar-refractivity contribution is -0.122. The predicted molar refractivity (Wildman–Crippen MR) is 134 cm³/mol. The number of likely N-dealkylation sites (tertiary alicyclic amines) is 1. The number of amides is 2. The smallest absolute Gasteiger partial charge is 0.231 e. The van der Waals surface area contributed by atoms with Crippen LogP contribution in [0, 0.1) is 11.3 Å². The van der Waals surface area contributed by atoms with Gasteiger partial charge < -0.3 is 30.9 Å². The van der Waals surface area contributed by atoms with Crippen molar-refractivity contribution in [3.63, 3.8) is 0 Å². The van der Waals surface area contributed by atoms with E-state index in [2.05, 4.69) is 44.7 Å². The van der Waals surface area contributed by atoms with E-state index in [4.69, 9.17) is 0 Å². The maximum absolute atomic E-state index is 15.3. The highest BCUT2D eigenvalue weighted by atomic mass is 19.1. The van der Waals surface area contributed by atoms with Crippen LogP contribution in [-0.2, 0) is 9.59 Å². The molecule has 0 aromatic carbocycles. The molecule has 1 aromatic heterocycles. The Morgan fingerprint density at radius 1 is 1.25 bits per heavy atom. The number of halogens is 1. The number of aliphatic imine (C=N–C) groups is 1. The fourth-order valence-electron chi connectivity index (χ4n) is 5.54. The quantitative estimate of drug-likeness (QED) is 0.446. The monoisotopic (exact) mass is 499 g/mol. The molecule has 5 heterocycles. The molecule has 3 saturated heterocycles. The number of hydrogen-bond acceptors (Lipinski definition) is 8. The van der Waals surface area contributed by atoms with Crippen LogP contribution in [0.4, 0.5) is 15.9 Å². The van der Waals surface area contributed by atoms with Gasteiger partial charge in [-0.3, -0.25) is 9.59 Å². The van der Waals surface area contributed by atoms with Crippen molar-refractivity contribution in [2.75, 3.05) is 42.9 Å². The van der Waals surface area contributed by atoms with E-state index in [-0.39, 0.29) is 35.8 Å². The van der Waals surface area contributed by atoms with Crippen molar-refractivity contribution in [2.45, 2.75) is 51.4 Å². The summed E-state index contributed by atoms with van der Waals surface area (Å²) in [7, 11) is 0. The van der Waals surface area contributed by atoms with E-state index >= 15 is 4.39 Å². The highest BCUT2D eigenvalue weighted by Gasteiger charge is 2.43. The average molecular weight is 500 g/mol. The molecule has 0 spiro atoms. The number of nitrogens with zero attached hydrogens (tertiary/aromatic N) is 4. The maximum Gasteiger partial charge on any atom is 0.231 e. The van der Waals surface area contributed by atoms with Gasteiger partial charge in [-0.1, -0.05) is 13.8 Å². The minimum absolute atomic E-state index is 0.110. The number of carbonyl (C=O) groups is 2. The molecule has 0 aliphatic carbocycles. The van der Waals surface area contributed by atoms with E-state index in [0.717, 1.165) is 38.0 Å². The van der Waals surface area contributed by atoms with E-state index in [1.165, 1.54) is 0 Å². The zero-order valence-electron chi connectivity index (χ0n) is 20.7. The van der Waals surface area contributed by atoms with Crippen molar-refractivity contribution < 1.29 is 19.1 Å². The molecule has 0 bridgehead atoms. The molecule has 11 heteroatoms. The Labute approximate surface area is 210 Å². The summed E-state index contributed by atoms with van der Waals surface area (Å²) in [5.41, 5.74) is 1.13. The normalized spacial score (nSPS) is 29.9. The average Bonchev–Trinajstić information content (AvgIpc) is 3.26. The van der Waals surface area contributed by atoms with Crippen LogP contribution in [0.2, 0.25) is 0 Å². The van der Waals surface area contributed by atoms with Crippen molar-refractivity contribution in [2.24, 2.45) is 16.3 Å². The zero-order valence-corrected chi connectivity index (χ0v) is 20.7. The molecule has 194 valence electrons. The Morgan fingerprint density at radius 3 is 2.81 bits per heavy atom. The summed E-state index contributed by atoms with van der Waals surface area (Å²) in [6.07, 6.45) is 3.87. The second-order valence-corrected chi connectivity index (χ2v) is 10.8. The molecule has 5 rings (SSSR count). The van der Waals surface area contributed by atoms with Gasteiger partial charge in [0.15, 0.2) is 11.7 Å². The van der Waals surface area contributed by atoms with Crippen LogP contribution < -0.4 is 20.9 Å². The lowest BCUT2D eigenvalue weighted by Gasteiger charge is -2.42. The van der Waals surface area contributed by atoms with Crippen LogP contribution in [0.5, 0.6) is 0 Å². The van der Waals surface area contributed by atoms with Gasteiger partial charge in [-0.15, -0.1) is 0 Å². The molecule has 1 aromatic rings. The Bertz CT molecular complexity index is 1070. The number of aliphatic hydroxyl groups excluding tert-OH is 1. The van der Waals surface area contributed by atoms with Gasteiger partial charge in [0.05, 0.1) is 18.0 Å². The van der Waals surface area contributed by atoms with Gasteiger partial charge in [0.1, 0.15) is 17.9 Å². The molecule has 4 unspecified atom stereocenters. The number of pyridine rings is 1. The number of nitrogens with one attached hydrogen (secondary N) is 3. The van der Waals surface area contributed by atoms with Crippen LogP contribution in [0.3, 0.4) is 0 Å². The summed E-state index contributed by atoms with van der Waals surface area (Å²) < 4.78 is 15.3. The van der Waals surface area contributed by atoms with Gasteiger partial charge in [-0.2, -0.15) is 0 Å². The van der Waals surface area contributed by atoms with Gasteiger partial charge in [-0.05, 0) is 31.4 Å². The third-order valence-corrected chi connectivity index (χ3v) is 7.71. The summed E-state index contributed by atoms with van der Waals surface area (Å²) in [6.45, 7) is 6.91. The number of fused-ring (bicyclic) bond motifs is 1. The van der Waals surface area contributed by atoms with Crippen molar-refractivity contribution in [1.29, 1.82) is 0 Å². The summed E-state index contributed by atoms with van der Waals surface area (Å²) in [5, 5.41) is 19.4. The van der Waals surface area contributed by atoms with Gasteiger partial charge in [0.25, 0.3) is 0 Å². The van der Waals surface area contributed by atoms with E-state index in [1.807, 2.05) is 12.1 Å². The van der Waals surface area contributed by atoms with Crippen molar-refractivity contribution >= 4 is 29.7 Å². The first-order valence-corrected chi connectivity index (χ1v) is 12.6. The Balaban J connectivity index is 1.32. The minimum Gasteiger partial charge on any atom is -0.392 e. The molecule has 0 saturated carbocycles. The Hall–Kier alpha value is -3.21. The third kappa shape index (κ3) is 4.76. The second kappa shape index (κ2) is 9.68. The highest BCUT2D eigenvalue weighted by molar-refractivity contribution is 6.01. The molecule has 10 nitrogen and oxygen atoms in total. The lowest BCUT2D eigenvalue weighted by Crippen LogP contribution is -2.49. The summed E-state index contributed by atoms with van der Waals surface area (Å²) >= 11 is 0. The molecule has 4 aliphatic rings. The molecule has 2 amide bonds. The van der Waals surface area contributed by atoms with E-state index < -0.39 is 17.9 Å². The topological polar surface area (TPSA) is 122 Å². The van der Waals surface area contributed by atoms with Crippen LogP contribution in [0.1, 0.15) is 33.1 Å². The van der Waals surface area contributed by atoms with Gasteiger partial charge in [0.2, 0.25) is 12.3 Å². The number of aromatic nitrogens is 1. The number of aliphatic hydroxyl groups is 1. The maximum atomic E-state index is 15.3. The number of carbonyl (C=O) groups excluding carboxylic acids is 2. The van der Waals surface area contributed by atoms with Crippen LogP contribution in [0.15, 0.2) is 34.7 Å². The first-order valence-electron chi connectivity index (χ1n) is 12.6. The van der Waals surface area contributed by atoms with Crippen LogP contribution >= 0.6 is 0 Å². The molecular formula is C25H34FN7O3. The van der Waals surface area contributed by atoms with Crippen molar-refractivity contribution in [3.05, 3.63) is 29.7 Å². The van der Waals surface area contributed by atoms with Crippen LogP contribution in [0.25, 0.3) is 0 Å². The number of anilines is 2. The van der Waals surface area contributed by atoms with Gasteiger partial charge >= 0.3 is 0 Å². The molecular weight excluding hydrogens is 465 g/mol. The lowest BCUT2D eigenvalue weighted by atomic mass is 9.81. The molecule has 4 aliphatic heterocycles. The van der Waals surface area contributed by atoms with E-state index in [9.17, 15) is 14.7 Å². The van der Waals surface area contributed by atoms with Crippen molar-refractivity contribution in [1.82, 2.24) is 20.5 Å². The number of amidine groups is 1. The SMILES string of the molecule is CC1(C)CN(c2ccc(NC3N=C(NC4CCCN(C=O)C4)C(F)=C4CNC(=O)C43)nc2)CCC1O. The van der Waals surface area contributed by atoms with Crippen molar-refractivity contribution in [3.8, 4) is 0 Å². The Kier molecular flexibility index (Phi) is 6.59. The molecule has 0 radical (unpaired) electrons. The second-order valence-electron chi connectivity index (χ2n) is 10.8. The number of dihydropyridines is 1. The largest absolute Gasteiger partial charge is 0.392 e. The minimum atomic E-state index is -0.751. The van der Waals surface area contributed by atoms with Crippen LogP contribution in [-0.4, -0.2) is 84.2 Å². The van der Waals surface area contributed by atoms with Gasteiger partial charge in [0, 0.05) is 49.8 Å². The highest BCUT2D eigenvalue weighted by Crippen LogP contribution is 2.34. The van der Waals surface area contributed by atoms with E-state index in [1.54, 1.807) is 11.1 Å². The zero-order chi connectivity index (χ0) is 25.4. The first-order chi connectivity index (χ1) is 17.2. The third-order valence-electron chi connectivity index (χ3n) is 7.71.